The molecule has 1 N–H and O–H groups in total. The van der Waals surface area contributed by atoms with Crippen LogP contribution < -0.4 is 0 Å². The lowest BCUT2D eigenvalue weighted by Crippen LogP contribution is -1.66. The molecular weight excluding hydrogens is 153 g/mol. The first-order valence-corrected chi connectivity index (χ1v) is 4.41. The van der Waals surface area contributed by atoms with Crippen molar-refractivity contribution in [1.82, 2.24) is 4.75 Å². The second-order valence-electron chi connectivity index (χ2n) is 2.33. The Labute approximate surface area is 67.3 Å². The summed E-state index contributed by atoms with van der Waals surface area (Å²) < 4.78 is 3.13. The lowest BCUT2D eigenvalue weighted by molar-refractivity contribution is 1.59. The summed E-state index contributed by atoms with van der Waals surface area (Å²) in [6.45, 7) is 0. The van der Waals surface area contributed by atoms with E-state index in [9.17, 15) is 0 Å². The third-order valence-electron chi connectivity index (χ3n) is 1.57. The molecule has 0 radical (unpaired) electrons. The van der Waals surface area contributed by atoms with E-state index in [4.69, 9.17) is 0 Å². The van der Waals surface area contributed by atoms with Gasteiger partial charge < -0.3 is 4.75 Å². The summed E-state index contributed by atoms with van der Waals surface area (Å²) in [6, 6.07) is 12.5. The molecular formula is C9H8NP. The molecule has 0 fully saturated rings. The Morgan fingerprint density at radius 1 is 1.00 bits per heavy atom. The van der Waals surface area contributed by atoms with E-state index in [-0.39, 0.29) is 0 Å². The van der Waals surface area contributed by atoms with Crippen LogP contribution in [-0.4, -0.2) is 4.75 Å². The Morgan fingerprint density at radius 2 is 1.82 bits per heavy atom. The number of aromatic amines is 1. The highest BCUT2D eigenvalue weighted by atomic mass is 31.0. The highest BCUT2D eigenvalue weighted by Crippen LogP contribution is 2.25. The third kappa shape index (κ3) is 1.33. The third-order valence-corrected chi connectivity index (χ3v) is 2.50. The predicted molar refractivity (Wildman–Crippen MR) is 48.7 cm³/mol. The molecule has 0 amide bonds. The smallest absolute Gasteiger partial charge is 0.0273 e. The number of H-pyrrole nitrogens is 1. The van der Waals surface area contributed by atoms with E-state index in [2.05, 4.69) is 35.1 Å². The first kappa shape index (κ1) is 6.63. The van der Waals surface area contributed by atoms with Gasteiger partial charge in [0.25, 0.3) is 0 Å². The Hall–Kier alpha value is -1.07. The van der Waals surface area contributed by atoms with Crippen molar-refractivity contribution in [2.45, 2.75) is 0 Å². The van der Waals surface area contributed by atoms with Crippen molar-refractivity contribution in [2.75, 3.05) is 0 Å². The second-order valence-corrected chi connectivity index (χ2v) is 3.29. The summed E-state index contributed by atoms with van der Waals surface area (Å²) in [6.07, 6.45) is 1.98. The number of hydrogen-bond donors (Lipinski definition) is 1. The van der Waals surface area contributed by atoms with Gasteiger partial charge in [0.1, 0.15) is 0 Å². The molecule has 0 bridgehead atoms. The molecule has 0 spiro atoms. The van der Waals surface area contributed by atoms with Crippen molar-refractivity contribution in [3.05, 3.63) is 42.6 Å². The molecule has 0 unspecified atom stereocenters. The molecule has 0 atom stereocenters. The van der Waals surface area contributed by atoms with Crippen LogP contribution in [0.5, 0.6) is 0 Å². The minimum absolute atomic E-state index is 1.19. The largest absolute Gasteiger partial charge is 0.344 e. The fourth-order valence-electron chi connectivity index (χ4n) is 1.03. The van der Waals surface area contributed by atoms with E-state index >= 15 is 0 Å². The van der Waals surface area contributed by atoms with Gasteiger partial charge in [-0.3, -0.25) is 0 Å². The molecule has 0 saturated carbocycles. The summed E-state index contributed by atoms with van der Waals surface area (Å²) in [4.78, 5) is 0. The maximum atomic E-state index is 3.13. The average Bonchev–Trinajstić information content (AvgIpc) is 2.58. The summed E-state index contributed by atoms with van der Waals surface area (Å²) in [5.74, 6) is 0. The van der Waals surface area contributed by atoms with Gasteiger partial charge in [-0.25, -0.2) is 0 Å². The zero-order valence-corrected chi connectivity index (χ0v) is 6.88. The molecule has 1 nitrogen and oxygen atoms in total. The van der Waals surface area contributed by atoms with Crippen LogP contribution in [-0.2, 0) is 0 Å². The van der Waals surface area contributed by atoms with Crippen LogP contribution in [0.25, 0.3) is 10.9 Å². The van der Waals surface area contributed by atoms with E-state index in [1.54, 1.807) is 0 Å². The topological polar surface area (TPSA) is 15.8 Å². The molecule has 0 aliphatic heterocycles. The van der Waals surface area contributed by atoms with Crippen LogP contribution in [0.3, 0.4) is 0 Å². The Bertz CT molecular complexity index is 313. The molecule has 1 heterocycles. The monoisotopic (exact) mass is 161 g/mol. The molecule has 1 aromatic heterocycles. The Kier molecular flexibility index (Phi) is 1.74. The van der Waals surface area contributed by atoms with E-state index in [1.807, 2.05) is 12.3 Å². The molecule has 54 valence electrons. The van der Waals surface area contributed by atoms with E-state index in [1.165, 1.54) is 19.2 Å². The molecule has 0 aliphatic carbocycles. The molecule has 2 heteroatoms. The highest BCUT2D eigenvalue weighted by Gasteiger charge is 1.94. The zero-order chi connectivity index (χ0) is 7.52. The number of nitrogens with one attached hydrogen (secondary N) is 1. The maximum absolute atomic E-state index is 3.13. The first-order valence-electron chi connectivity index (χ1n) is 3.52. The predicted octanol–water partition coefficient (Wildman–Crippen LogP) is 3.26. The molecule has 0 aliphatic rings. The van der Waals surface area contributed by atoms with Crippen LogP contribution in [0.4, 0.5) is 0 Å². The fraction of sp³-hybridized carbons (Fsp3) is 0. The highest BCUT2D eigenvalue weighted by molar-refractivity contribution is 7.29. The van der Waals surface area contributed by atoms with Gasteiger partial charge in [0.2, 0.25) is 0 Å². The number of rotatable bonds is 1. The lowest BCUT2D eigenvalue weighted by atomic mass is 10.2. The van der Waals surface area contributed by atoms with Crippen LogP contribution in [0.2, 0.25) is 0 Å². The van der Waals surface area contributed by atoms with Gasteiger partial charge in [-0.05, 0) is 11.6 Å². The first-order chi connectivity index (χ1) is 5.47. The molecule has 11 heavy (non-hydrogen) atoms. The second kappa shape index (κ2) is 2.89. The quantitative estimate of drug-likeness (QED) is 0.660. The summed E-state index contributed by atoms with van der Waals surface area (Å²) in [5, 5.41) is 1.34. The van der Waals surface area contributed by atoms with Gasteiger partial charge in [0.15, 0.2) is 0 Å². The van der Waals surface area contributed by atoms with Crippen molar-refractivity contribution in [3.63, 3.8) is 0 Å². The standard InChI is InChI=1S/C9H8NP/c1-2-4-8(5-3-1)9-6-7-10-11-9/h1-7,10H. The molecule has 1 aromatic carbocycles. The van der Waals surface area contributed by atoms with Crippen molar-refractivity contribution in [2.24, 2.45) is 0 Å². The van der Waals surface area contributed by atoms with E-state index < -0.39 is 0 Å². The van der Waals surface area contributed by atoms with E-state index in [0.29, 0.717) is 0 Å². The van der Waals surface area contributed by atoms with Gasteiger partial charge in [-0.15, -0.1) is 0 Å². The number of aromatic nitrogens is 1. The maximum Gasteiger partial charge on any atom is 0.0273 e. The van der Waals surface area contributed by atoms with Gasteiger partial charge in [-0.1, -0.05) is 30.3 Å². The normalized spacial score (nSPS) is 10.5. The lowest BCUT2D eigenvalue weighted by Gasteiger charge is -1.92. The van der Waals surface area contributed by atoms with Crippen LogP contribution in [0.15, 0.2) is 42.6 Å². The Balaban J connectivity index is 2.46. The van der Waals surface area contributed by atoms with Crippen molar-refractivity contribution in [1.29, 1.82) is 0 Å². The van der Waals surface area contributed by atoms with Crippen LogP contribution in [0, 0.1) is 0 Å². The Morgan fingerprint density at radius 3 is 2.45 bits per heavy atom. The minimum atomic E-state index is 1.19. The molecule has 2 aromatic rings. The zero-order valence-electron chi connectivity index (χ0n) is 5.99. The molecule has 2 rings (SSSR count). The van der Waals surface area contributed by atoms with Gasteiger partial charge in [0.05, 0.1) is 0 Å². The van der Waals surface area contributed by atoms with Crippen molar-refractivity contribution >= 4 is 8.35 Å². The van der Waals surface area contributed by atoms with Crippen LogP contribution in [0.1, 0.15) is 0 Å². The van der Waals surface area contributed by atoms with E-state index in [0.717, 1.165) is 0 Å². The van der Waals surface area contributed by atoms with Crippen molar-refractivity contribution in [3.8, 4) is 10.9 Å². The molecule has 0 saturated heterocycles. The fourth-order valence-corrected chi connectivity index (χ4v) is 1.75. The van der Waals surface area contributed by atoms with Gasteiger partial charge >= 0.3 is 0 Å². The average molecular weight is 161 g/mol. The minimum Gasteiger partial charge on any atom is -0.344 e. The van der Waals surface area contributed by atoms with Crippen LogP contribution >= 0.6 is 8.35 Å². The number of benzene rings is 1. The van der Waals surface area contributed by atoms with Crippen molar-refractivity contribution < 1.29 is 0 Å². The summed E-state index contributed by atoms with van der Waals surface area (Å²) in [7, 11) is 1.19. The van der Waals surface area contributed by atoms with Gasteiger partial charge in [0, 0.05) is 19.8 Å². The number of hydrogen-bond acceptors (Lipinski definition) is 0. The summed E-state index contributed by atoms with van der Waals surface area (Å²) in [5.41, 5.74) is 1.30. The SMILES string of the molecule is c1ccc(-c2cc[nH]p2)cc1. The van der Waals surface area contributed by atoms with Gasteiger partial charge in [-0.2, -0.15) is 0 Å². The summed E-state index contributed by atoms with van der Waals surface area (Å²) >= 11 is 0.